The van der Waals surface area contributed by atoms with E-state index in [1.54, 1.807) is 0 Å². The number of amidine groups is 1. The summed E-state index contributed by atoms with van der Waals surface area (Å²) in [5.41, 5.74) is 3.71. The van der Waals surface area contributed by atoms with Gasteiger partial charge in [0.25, 0.3) is 0 Å². The maximum absolute atomic E-state index is 9.29. The van der Waals surface area contributed by atoms with Crippen LogP contribution in [0.3, 0.4) is 0 Å². The molecular formula is C18H25N5O. The third kappa shape index (κ3) is 5.27. The van der Waals surface area contributed by atoms with Crippen LogP contribution in [0.2, 0.25) is 0 Å². The molecule has 24 heavy (non-hydrogen) atoms. The van der Waals surface area contributed by atoms with Gasteiger partial charge in [0.05, 0.1) is 12.3 Å². The lowest BCUT2D eigenvalue weighted by atomic mass is 10.1. The number of hydrazone groups is 1. The first-order valence-electron chi connectivity index (χ1n) is 8.55. The largest absolute Gasteiger partial charge is 0.494 e. The molecule has 0 saturated carbocycles. The molecule has 1 fully saturated rings. The molecule has 0 radical (unpaired) electrons. The Morgan fingerprint density at radius 3 is 2.88 bits per heavy atom. The zero-order valence-electron chi connectivity index (χ0n) is 14.2. The lowest BCUT2D eigenvalue weighted by molar-refractivity contribution is 0.309. The predicted octanol–water partition coefficient (Wildman–Crippen LogP) is 3.62. The maximum Gasteiger partial charge on any atom is 0.202 e. The van der Waals surface area contributed by atoms with Gasteiger partial charge in [0.15, 0.2) is 5.84 Å². The molecule has 0 atom stereocenters. The molecule has 0 amide bonds. The van der Waals surface area contributed by atoms with Gasteiger partial charge in [-0.3, -0.25) is 10.8 Å². The van der Waals surface area contributed by atoms with Crippen molar-refractivity contribution in [3.63, 3.8) is 0 Å². The summed E-state index contributed by atoms with van der Waals surface area (Å²) in [6.07, 6.45) is 5.41. The van der Waals surface area contributed by atoms with Crippen molar-refractivity contribution in [2.24, 2.45) is 5.10 Å². The lowest BCUT2D eigenvalue weighted by Gasteiger charge is -2.27. The number of piperidine rings is 1. The van der Waals surface area contributed by atoms with Crippen molar-refractivity contribution in [3.05, 3.63) is 24.3 Å². The number of unbranched alkanes of at least 4 members (excludes halogenated alkanes) is 1. The Kier molecular flexibility index (Phi) is 7.09. The summed E-state index contributed by atoms with van der Waals surface area (Å²) in [7, 11) is 0. The molecule has 0 aromatic heterocycles. The number of likely N-dealkylation sites (tertiary alicyclic amines) is 1. The number of nitrogens with zero attached hydrogens (tertiary/aromatic N) is 3. The Bertz CT molecular complexity index is 614. The third-order valence-electron chi connectivity index (χ3n) is 3.90. The number of nitriles is 1. The van der Waals surface area contributed by atoms with Gasteiger partial charge >= 0.3 is 0 Å². The van der Waals surface area contributed by atoms with Crippen molar-refractivity contribution in [1.29, 1.82) is 10.7 Å². The third-order valence-corrected chi connectivity index (χ3v) is 3.90. The first kappa shape index (κ1) is 17.8. The molecule has 1 saturated heterocycles. The van der Waals surface area contributed by atoms with E-state index >= 15 is 0 Å². The van der Waals surface area contributed by atoms with E-state index in [-0.39, 0.29) is 11.5 Å². The highest BCUT2D eigenvalue weighted by Crippen LogP contribution is 2.18. The van der Waals surface area contributed by atoms with Crippen LogP contribution in [-0.4, -0.2) is 36.1 Å². The van der Waals surface area contributed by atoms with E-state index in [1.165, 1.54) is 6.42 Å². The molecule has 6 nitrogen and oxygen atoms in total. The number of anilines is 1. The van der Waals surface area contributed by atoms with Gasteiger partial charge in [-0.25, -0.2) is 0 Å². The van der Waals surface area contributed by atoms with Gasteiger partial charge in [-0.05, 0) is 37.8 Å². The lowest BCUT2D eigenvalue weighted by Crippen LogP contribution is -2.39. The van der Waals surface area contributed by atoms with Crippen LogP contribution in [0.5, 0.6) is 5.75 Å². The van der Waals surface area contributed by atoms with Crippen LogP contribution in [0, 0.1) is 16.7 Å². The Hall–Kier alpha value is -2.55. The second-order valence-corrected chi connectivity index (χ2v) is 5.81. The van der Waals surface area contributed by atoms with Crippen LogP contribution in [0.4, 0.5) is 5.69 Å². The molecule has 1 heterocycles. The monoisotopic (exact) mass is 327 g/mol. The van der Waals surface area contributed by atoms with Gasteiger partial charge in [-0.15, -0.1) is 0 Å². The Balaban J connectivity index is 1.98. The molecule has 2 N–H and O–H groups in total. The summed E-state index contributed by atoms with van der Waals surface area (Å²) >= 11 is 0. The minimum Gasteiger partial charge on any atom is -0.494 e. The van der Waals surface area contributed by atoms with Gasteiger partial charge in [-0.2, -0.15) is 10.4 Å². The zero-order valence-corrected chi connectivity index (χ0v) is 14.2. The average molecular weight is 327 g/mol. The van der Waals surface area contributed by atoms with Crippen LogP contribution in [-0.2, 0) is 0 Å². The molecule has 1 aliphatic rings. The van der Waals surface area contributed by atoms with Crippen LogP contribution in [0.15, 0.2) is 29.4 Å². The molecule has 0 aliphatic carbocycles. The molecule has 1 aromatic carbocycles. The molecule has 0 unspecified atom stereocenters. The number of nitrogens with one attached hydrogen (secondary N) is 2. The molecule has 128 valence electrons. The van der Waals surface area contributed by atoms with Crippen molar-refractivity contribution in [2.75, 3.05) is 25.1 Å². The standard InChI is InChI=1S/C18H25N5O/c1-2-3-12-24-16-9-7-8-15(13-16)21-22-17(14-19)18(20)23-10-5-4-6-11-23/h7-9,13,20-21H,2-6,10-12H2,1H3/b20-18?,22-17-. The average Bonchev–Trinajstić information content (AvgIpc) is 2.63. The van der Waals surface area contributed by atoms with Gasteiger partial charge in [0.2, 0.25) is 5.71 Å². The summed E-state index contributed by atoms with van der Waals surface area (Å²) in [6.45, 7) is 4.45. The first-order valence-corrected chi connectivity index (χ1v) is 8.55. The van der Waals surface area contributed by atoms with E-state index in [0.717, 1.165) is 50.2 Å². The van der Waals surface area contributed by atoms with Crippen molar-refractivity contribution in [1.82, 2.24) is 4.90 Å². The van der Waals surface area contributed by atoms with E-state index in [0.29, 0.717) is 6.61 Å². The Morgan fingerprint density at radius 1 is 1.38 bits per heavy atom. The van der Waals surface area contributed by atoms with Gasteiger partial charge < -0.3 is 9.64 Å². The molecular weight excluding hydrogens is 302 g/mol. The minimum absolute atomic E-state index is 0.106. The molecule has 0 spiro atoms. The highest BCUT2D eigenvalue weighted by Gasteiger charge is 2.18. The number of rotatable bonds is 7. The van der Waals surface area contributed by atoms with Crippen LogP contribution in [0.25, 0.3) is 0 Å². The molecule has 0 bridgehead atoms. The van der Waals surface area contributed by atoms with Crippen LogP contribution < -0.4 is 10.2 Å². The second-order valence-electron chi connectivity index (χ2n) is 5.81. The first-order chi connectivity index (χ1) is 11.7. The fourth-order valence-corrected chi connectivity index (χ4v) is 2.51. The molecule has 2 rings (SSSR count). The normalized spacial score (nSPS) is 14.8. The summed E-state index contributed by atoms with van der Waals surface area (Å²) < 4.78 is 5.66. The SMILES string of the molecule is CCCCOc1cccc(N/N=C(/C#N)C(=N)N2CCCCC2)c1. The highest BCUT2D eigenvalue weighted by molar-refractivity contribution is 6.46. The summed E-state index contributed by atoms with van der Waals surface area (Å²) in [6, 6.07) is 9.49. The van der Waals surface area contributed by atoms with Crippen molar-refractivity contribution in [3.8, 4) is 11.8 Å². The van der Waals surface area contributed by atoms with E-state index in [9.17, 15) is 5.26 Å². The predicted molar refractivity (Wildman–Crippen MR) is 96.7 cm³/mol. The minimum atomic E-state index is 0.106. The number of benzene rings is 1. The number of ether oxygens (including phenoxy) is 1. The maximum atomic E-state index is 9.29. The fourth-order valence-electron chi connectivity index (χ4n) is 2.51. The van der Waals surface area contributed by atoms with Gasteiger partial charge in [0, 0.05) is 19.2 Å². The Labute approximate surface area is 143 Å². The van der Waals surface area contributed by atoms with Crippen LogP contribution >= 0.6 is 0 Å². The number of hydrogen-bond donors (Lipinski definition) is 2. The van der Waals surface area contributed by atoms with Crippen molar-refractivity contribution in [2.45, 2.75) is 39.0 Å². The quantitative estimate of drug-likeness (QED) is 0.347. The van der Waals surface area contributed by atoms with Gasteiger partial charge in [-0.1, -0.05) is 19.4 Å². The van der Waals surface area contributed by atoms with E-state index < -0.39 is 0 Å². The molecule has 6 heteroatoms. The molecule has 1 aliphatic heterocycles. The van der Waals surface area contributed by atoms with Crippen LogP contribution in [0.1, 0.15) is 39.0 Å². The van der Waals surface area contributed by atoms with E-state index in [2.05, 4.69) is 17.5 Å². The fraction of sp³-hybridized carbons (Fsp3) is 0.500. The van der Waals surface area contributed by atoms with E-state index in [4.69, 9.17) is 10.1 Å². The highest BCUT2D eigenvalue weighted by atomic mass is 16.5. The molecule has 1 aromatic rings. The van der Waals surface area contributed by atoms with E-state index in [1.807, 2.05) is 35.2 Å². The second kappa shape index (κ2) is 9.56. The van der Waals surface area contributed by atoms with Gasteiger partial charge in [0.1, 0.15) is 11.8 Å². The Morgan fingerprint density at radius 2 is 2.17 bits per heavy atom. The summed E-state index contributed by atoms with van der Waals surface area (Å²) in [4.78, 5) is 1.91. The zero-order chi connectivity index (χ0) is 17.2. The number of hydrogen-bond acceptors (Lipinski definition) is 5. The van der Waals surface area contributed by atoms with Crippen molar-refractivity contribution >= 4 is 17.2 Å². The topological polar surface area (TPSA) is 84.5 Å². The van der Waals surface area contributed by atoms with Crippen molar-refractivity contribution < 1.29 is 4.74 Å². The summed E-state index contributed by atoms with van der Waals surface area (Å²) in [5.74, 6) is 0.966. The summed E-state index contributed by atoms with van der Waals surface area (Å²) in [5, 5.41) is 21.6. The smallest absolute Gasteiger partial charge is 0.202 e.